The monoisotopic (exact) mass is 300 g/mol. The Morgan fingerprint density at radius 3 is 2.65 bits per heavy atom. The Labute approximate surface area is 108 Å². The van der Waals surface area contributed by atoms with Crippen molar-refractivity contribution in [3.63, 3.8) is 0 Å². The van der Waals surface area contributed by atoms with E-state index in [0.29, 0.717) is 22.2 Å². The number of benzene rings is 1. The van der Waals surface area contributed by atoms with Crippen LogP contribution in [0.2, 0.25) is 0 Å². The molecule has 1 aromatic rings. The van der Waals surface area contributed by atoms with Gasteiger partial charge in [0.05, 0.1) is 19.8 Å². The molecule has 0 aromatic heterocycles. The first-order valence-electron chi connectivity index (χ1n) is 5.01. The van der Waals surface area contributed by atoms with Crippen molar-refractivity contribution in [2.75, 3.05) is 14.2 Å². The lowest BCUT2D eigenvalue weighted by Crippen LogP contribution is -2.04. The fraction of sp³-hybridized carbons (Fsp3) is 0.333. The van der Waals surface area contributed by atoms with E-state index < -0.39 is 0 Å². The van der Waals surface area contributed by atoms with Crippen molar-refractivity contribution in [1.29, 1.82) is 0 Å². The number of hydrogen-bond donors (Lipinski definition) is 0. The first kappa shape index (κ1) is 13.7. The van der Waals surface area contributed by atoms with Crippen LogP contribution in [0.25, 0.3) is 0 Å². The maximum absolute atomic E-state index is 11.1. The molecule has 0 unspecified atom stereocenters. The molecule has 0 bridgehead atoms. The zero-order chi connectivity index (χ0) is 12.8. The number of rotatable bonds is 5. The molecule has 1 aromatic carbocycles. The summed E-state index contributed by atoms with van der Waals surface area (Å²) in [5.41, 5.74) is 1.26. The van der Waals surface area contributed by atoms with E-state index in [1.165, 1.54) is 14.2 Å². The largest absolute Gasteiger partial charge is 0.496 e. The van der Waals surface area contributed by atoms with Gasteiger partial charge in [0.15, 0.2) is 6.29 Å². The lowest BCUT2D eigenvalue weighted by Gasteiger charge is -2.11. The molecular formula is C12H13BrO4. The third-order valence-corrected chi connectivity index (χ3v) is 3.06. The molecule has 92 valence electrons. The highest BCUT2D eigenvalue weighted by Crippen LogP contribution is 2.30. The van der Waals surface area contributed by atoms with Crippen LogP contribution in [0.4, 0.5) is 0 Å². The van der Waals surface area contributed by atoms with Crippen LogP contribution in [0.15, 0.2) is 16.6 Å². The van der Waals surface area contributed by atoms with E-state index in [1.807, 2.05) is 6.07 Å². The number of esters is 1. The summed E-state index contributed by atoms with van der Waals surface area (Å²) in [5, 5.41) is 0. The maximum Gasteiger partial charge on any atom is 0.305 e. The first-order chi connectivity index (χ1) is 8.13. The molecule has 0 amide bonds. The molecule has 0 aliphatic carbocycles. The predicted molar refractivity (Wildman–Crippen MR) is 66.4 cm³/mol. The maximum atomic E-state index is 11.1. The number of aryl methyl sites for hydroxylation is 1. The Kier molecular flexibility index (Phi) is 5.15. The smallest absolute Gasteiger partial charge is 0.305 e. The van der Waals surface area contributed by atoms with E-state index in [-0.39, 0.29) is 12.4 Å². The van der Waals surface area contributed by atoms with Crippen LogP contribution in [-0.4, -0.2) is 26.5 Å². The highest BCUT2D eigenvalue weighted by Gasteiger charge is 2.13. The molecule has 0 aliphatic rings. The molecule has 0 N–H and O–H groups in total. The van der Waals surface area contributed by atoms with Crippen molar-refractivity contribution in [2.45, 2.75) is 12.8 Å². The second kappa shape index (κ2) is 6.39. The third kappa shape index (κ3) is 3.30. The van der Waals surface area contributed by atoms with Crippen molar-refractivity contribution < 1.29 is 19.1 Å². The van der Waals surface area contributed by atoms with Crippen molar-refractivity contribution in [2.24, 2.45) is 0 Å². The normalized spacial score (nSPS) is 9.82. The average Bonchev–Trinajstić information content (AvgIpc) is 2.36. The molecule has 5 heteroatoms. The fourth-order valence-corrected chi connectivity index (χ4v) is 1.91. The van der Waals surface area contributed by atoms with Gasteiger partial charge in [0.1, 0.15) is 5.75 Å². The Morgan fingerprint density at radius 1 is 1.41 bits per heavy atom. The van der Waals surface area contributed by atoms with Gasteiger partial charge in [-0.1, -0.05) is 6.07 Å². The van der Waals surface area contributed by atoms with E-state index in [2.05, 4.69) is 20.7 Å². The number of methoxy groups -OCH3 is 2. The predicted octanol–water partition coefficient (Wildman–Crippen LogP) is 2.38. The van der Waals surface area contributed by atoms with Gasteiger partial charge in [0.2, 0.25) is 0 Å². The Bertz CT molecular complexity index is 429. The van der Waals surface area contributed by atoms with Crippen molar-refractivity contribution in [3.8, 4) is 5.75 Å². The Morgan fingerprint density at radius 2 is 2.12 bits per heavy atom. The van der Waals surface area contributed by atoms with Gasteiger partial charge >= 0.3 is 5.97 Å². The van der Waals surface area contributed by atoms with Crippen LogP contribution in [0.5, 0.6) is 5.75 Å². The summed E-state index contributed by atoms with van der Waals surface area (Å²) in [7, 11) is 2.84. The van der Waals surface area contributed by atoms with E-state index in [1.54, 1.807) is 6.07 Å². The van der Waals surface area contributed by atoms with Gasteiger partial charge in [-0.3, -0.25) is 9.59 Å². The lowest BCUT2D eigenvalue weighted by atomic mass is 10.0. The average molecular weight is 301 g/mol. The fourth-order valence-electron chi connectivity index (χ4n) is 1.51. The SMILES string of the molecule is COC(=O)CCc1ccc(Br)c(C=O)c1OC. The van der Waals surface area contributed by atoms with Crippen LogP contribution in [-0.2, 0) is 16.0 Å². The number of halogens is 1. The van der Waals surface area contributed by atoms with E-state index in [9.17, 15) is 9.59 Å². The second-order valence-corrected chi connectivity index (χ2v) is 4.20. The van der Waals surface area contributed by atoms with Crippen molar-refractivity contribution in [3.05, 3.63) is 27.7 Å². The van der Waals surface area contributed by atoms with Crippen molar-refractivity contribution >= 4 is 28.2 Å². The molecule has 17 heavy (non-hydrogen) atoms. The van der Waals surface area contributed by atoms with Crippen LogP contribution in [0.3, 0.4) is 0 Å². The molecule has 0 fully saturated rings. The van der Waals surface area contributed by atoms with Crippen LogP contribution in [0, 0.1) is 0 Å². The van der Waals surface area contributed by atoms with Crippen LogP contribution in [0.1, 0.15) is 22.3 Å². The molecule has 0 radical (unpaired) electrons. The molecule has 1 rings (SSSR count). The van der Waals surface area contributed by atoms with Gasteiger partial charge in [-0.2, -0.15) is 0 Å². The summed E-state index contributed by atoms with van der Waals surface area (Å²) in [4.78, 5) is 22.0. The minimum Gasteiger partial charge on any atom is -0.496 e. The van der Waals surface area contributed by atoms with E-state index in [4.69, 9.17) is 4.74 Å². The first-order valence-corrected chi connectivity index (χ1v) is 5.80. The Balaban J connectivity index is 2.99. The van der Waals surface area contributed by atoms with E-state index in [0.717, 1.165) is 11.8 Å². The van der Waals surface area contributed by atoms with Gasteiger partial charge in [-0.25, -0.2) is 0 Å². The zero-order valence-electron chi connectivity index (χ0n) is 9.66. The topological polar surface area (TPSA) is 52.6 Å². The molecule has 4 nitrogen and oxygen atoms in total. The quantitative estimate of drug-likeness (QED) is 0.619. The highest BCUT2D eigenvalue weighted by molar-refractivity contribution is 9.10. The van der Waals surface area contributed by atoms with Gasteiger partial charge in [0.25, 0.3) is 0 Å². The summed E-state index contributed by atoms with van der Waals surface area (Å²) in [6.45, 7) is 0. The van der Waals surface area contributed by atoms with Gasteiger partial charge in [-0.05, 0) is 34.0 Å². The summed E-state index contributed by atoms with van der Waals surface area (Å²) in [6, 6.07) is 3.58. The molecule has 0 aliphatic heterocycles. The minimum absolute atomic E-state index is 0.257. The molecule has 0 atom stereocenters. The summed E-state index contributed by atoms with van der Waals surface area (Å²) in [6.07, 6.45) is 1.46. The molecular weight excluding hydrogens is 288 g/mol. The number of hydrogen-bond acceptors (Lipinski definition) is 4. The number of aldehydes is 1. The second-order valence-electron chi connectivity index (χ2n) is 3.35. The molecule has 0 saturated carbocycles. The Hall–Kier alpha value is -1.36. The lowest BCUT2D eigenvalue weighted by molar-refractivity contribution is -0.140. The van der Waals surface area contributed by atoms with E-state index >= 15 is 0 Å². The number of carbonyl (C=O) groups is 2. The zero-order valence-corrected chi connectivity index (χ0v) is 11.2. The van der Waals surface area contributed by atoms with Crippen LogP contribution < -0.4 is 4.74 Å². The number of ether oxygens (including phenoxy) is 2. The highest BCUT2D eigenvalue weighted by atomic mass is 79.9. The standard InChI is InChI=1S/C12H13BrO4/c1-16-11(15)6-4-8-3-5-10(13)9(7-14)12(8)17-2/h3,5,7H,4,6H2,1-2H3. The van der Waals surface area contributed by atoms with Gasteiger partial charge in [0, 0.05) is 10.9 Å². The van der Waals surface area contributed by atoms with Crippen LogP contribution >= 0.6 is 15.9 Å². The number of carbonyl (C=O) groups excluding carboxylic acids is 2. The summed E-state index contributed by atoms with van der Waals surface area (Å²) in [5.74, 6) is 0.209. The van der Waals surface area contributed by atoms with Crippen molar-refractivity contribution in [1.82, 2.24) is 0 Å². The minimum atomic E-state index is -0.289. The van der Waals surface area contributed by atoms with Gasteiger partial charge in [-0.15, -0.1) is 0 Å². The molecule has 0 heterocycles. The molecule has 0 spiro atoms. The third-order valence-electron chi connectivity index (χ3n) is 2.37. The van der Waals surface area contributed by atoms with Gasteiger partial charge < -0.3 is 9.47 Å². The summed E-state index contributed by atoms with van der Waals surface area (Å²) < 4.78 is 10.4. The summed E-state index contributed by atoms with van der Waals surface area (Å²) >= 11 is 3.27. The molecule has 0 saturated heterocycles.